The van der Waals surface area contributed by atoms with E-state index in [1.54, 1.807) is 13.0 Å². The molecule has 7 heteroatoms. The summed E-state index contributed by atoms with van der Waals surface area (Å²) in [6.07, 6.45) is 0. The molecule has 0 aliphatic rings. The van der Waals surface area contributed by atoms with Crippen LogP contribution in [0.2, 0.25) is 0 Å². The Bertz CT molecular complexity index is 456. The first-order valence-corrected chi connectivity index (χ1v) is 6.03. The van der Waals surface area contributed by atoms with E-state index in [4.69, 9.17) is 10.3 Å². The number of rotatable bonds is 6. The molecule has 1 aromatic heterocycles. The SMILES string of the molecule is CCNC(=O)CN(C)Cc1cc(C(=O)NN)oc1C. The molecule has 0 unspecified atom stereocenters. The standard InChI is InChI=1S/C12H20N4O3/c1-4-14-11(17)7-16(3)6-9-5-10(12(18)15-13)19-8(9)2/h5H,4,6-7,13H2,1-3H3,(H,14,17)(H,15,18). The van der Waals surface area contributed by atoms with E-state index in [-0.39, 0.29) is 18.2 Å². The smallest absolute Gasteiger partial charge is 0.300 e. The predicted octanol–water partition coefficient (Wildman–Crippen LogP) is -0.241. The molecule has 2 amide bonds. The van der Waals surface area contributed by atoms with E-state index >= 15 is 0 Å². The normalized spacial score (nSPS) is 10.6. The van der Waals surface area contributed by atoms with Gasteiger partial charge in [-0.2, -0.15) is 0 Å². The Morgan fingerprint density at radius 1 is 1.47 bits per heavy atom. The largest absolute Gasteiger partial charge is 0.456 e. The quantitative estimate of drug-likeness (QED) is 0.375. The average molecular weight is 268 g/mol. The number of hydrogen-bond donors (Lipinski definition) is 3. The Kier molecular flexibility index (Phi) is 5.53. The number of nitrogens with two attached hydrogens (primary N) is 1. The molecule has 106 valence electrons. The number of carbonyl (C=O) groups is 2. The van der Waals surface area contributed by atoms with Crippen LogP contribution >= 0.6 is 0 Å². The summed E-state index contributed by atoms with van der Waals surface area (Å²) >= 11 is 0. The first kappa shape index (κ1) is 15.2. The van der Waals surface area contributed by atoms with Crippen molar-refractivity contribution in [3.05, 3.63) is 23.2 Å². The molecule has 4 N–H and O–H groups in total. The maximum absolute atomic E-state index is 11.4. The van der Waals surface area contributed by atoms with Gasteiger partial charge in [-0.1, -0.05) is 0 Å². The van der Waals surface area contributed by atoms with E-state index in [1.165, 1.54) is 0 Å². The first-order chi connectivity index (χ1) is 8.97. The lowest BCUT2D eigenvalue weighted by Gasteiger charge is -2.15. The number of nitrogen functional groups attached to an aromatic ring is 1. The van der Waals surface area contributed by atoms with Gasteiger partial charge in [0.2, 0.25) is 5.91 Å². The molecule has 0 bridgehead atoms. The Labute approximate surface area is 112 Å². The van der Waals surface area contributed by atoms with Crippen molar-refractivity contribution in [1.29, 1.82) is 0 Å². The minimum absolute atomic E-state index is 0.0360. The van der Waals surface area contributed by atoms with Crippen molar-refractivity contribution in [1.82, 2.24) is 15.6 Å². The second-order valence-electron chi connectivity index (χ2n) is 4.29. The molecule has 1 aromatic rings. The van der Waals surface area contributed by atoms with Gasteiger partial charge in [0.05, 0.1) is 6.54 Å². The van der Waals surface area contributed by atoms with Crippen molar-refractivity contribution in [2.45, 2.75) is 20.4 Å². The number of nitrogens with zero attached hydrogens (tertiary/aromatic N) is 1. The maximum atomic E-state index is 11.4. The Balaban J connectivity index is 2.64. The van der Waals surface area contributed by atoms with Crippen LogP contribution in [0.5, 0.6) is 0 Å². The highest BCUT2D eigenvalue weighted by Gasteiger charge is 2.15. The summed E-state index contributed by atoms with van der Waals surface area (Å²) in [5.74, 6) is 5.34. The summed E-state index contributed by atoms with van der Waals surface area (Å²) in [5, 5.41) is 2.72. The number of amides is 2. The van der Waals surface area contributed by atoms with Crippen LogP contribution in [0.15, 0.2) is 10.5 Å². The minimum atomic E-state index is -0.472. The van der Waals surface area contributed by atoms with E-state index in [0.29, 0.717) is 18.8 Å². The molecule has 19 heavy (non-hydrogen) atoms. The van der Waals surface area contributed by atoms with Crippen molar-refractivity contribution in [2.24, 2.45) is 5.84 Å². The topological polar surface area (TPSA) is 101 Å². The fraction of sp³-hybridized carbons (Fsp3) is 0.500. The zero-order valence-corrected chi connectivity index (χ0v) is 11.4. The predicted molar refractivity (Wildman–Crippen MR) is 70.1 cm³/mol. The van der Waals surface area contributed by atoms with Gasteiger partial charge in [-0.25, -0.2) is 5.84 Å². The number of furan rings is 1. The van der Waals surface area contributed by atoms with Crippen LogP contribution in [0, 0.1) is 6.92 Å². The van der Waals surface area contributed by atoms with E-state index in [0.717, 1.165) is 5.56 Å². The van der Waals surface area contributed by atoms with Crippen LogP contribution < -0.4 is 16.6 Å². The van der Waals surface area contributed by atoms with E-state index in [9.17, 15) is 9.59 Å². The highest BCUT2D eigenvalue weighted by Crippen LogP contribution is 2.16. The van der Waals surface area contributed by atoms with Crippen LogP contribution in [0.4, 0.5) is 0 Å². The van der Waals surface area contributed by atoms with E-state index < -0.39 is 5.91 Å². The lowest BCUT2D eigenvalue weighted by atomic mass is 10.2. The second-order valence-corrected chi connectivity index (χ2v) is 4.29. The summed E-state index contributed by atoms with van der Waals surface area (Å²) in [7, 11) is 1.82. The van der Waals surface area contributed by atoms with Crippen molar-refractivity contribution < 1.29 is 14.0 Å². The maximum Gasteiger partial charge on any atom is 0.300 e. The van der Waals surface area contributed by atoms with Gasteiger partial charge in [0.1, 0.15) is 5.76 Å². The Hall–Kier alpha value is -1.86. The van der Waals surface area contributed by atoms with Crippen LogP contribution in [0.25, 0.3) is 0 Å². The van der Waals surface area contributed by atoms with E-state index in [2.05, 4.69) is 5.32 Å². The monoisotopic (exact) mass is 268 g/mol. The number of nitrogens with one attached hydrogen (secondary N) is 2. The molecule has 0 aliphatic heterocycles. The van der Waals surface area contributed by atoms with Gasteiger partial charge < -0.3 is 9.73 Å². The molecule has 0 atom stereocenters. The van der Waals surface area contributed by atoms with Crippen LogP contribution in [0.1, 0.15) is 28.8 Å². The lowest BCUT2D eigenvalue weighted by molar-refractivity contribution is -0.121. The molecule has 1 rings (SSSR count). The van der Waals surface area contributed by atoms with Gasteiger partial charge in [-0.15, -0.1) is 0 Å². The molecule has 0 saturated carbocycles. The second kappa shape index (κ2) is 6.91. The number of hydrazine groups is 1. The summed E-state index contributed by atoms with van der Waals surface area (Å²) in [5.41, 5.74) is 2.87. The van der Waals surface area contributed by atoms with Crippen LogP contribution in [-0.4, -0.2) is 36.9 Å². The number of hydrogen-bond acceptors (Lipinski definition) is 5. The molecule has 1 heterocycles. The van der Waals surface area contributed by atoms with E-state index in [1.807, 2.05) is 24.3 Å². The fourth-order valence-electron chi connectivity index (χ4n) is 1.70. The van der Waals surface area contributed by atoms with Crippen molar-refractivity contribution >= 4 is 11.8 Å². The molecular weight excluding hydrogens is 248 g/mol. The molecule has 0 fully saturated rings. The molecule has 0 radical (unpaired) electrons. The summed E-state index contributed by atoms with van der Waals surface area (Å²) in [4.78, 5) is 24.6. The van der Waals surface area contributed by atoms with Gasteiger partial charge in [0, 0.05) is 18.7 Å². The van der Waals surface area contributed by atoms with Crippen LogP contribution in [0.3, 0.4) is 0 Å². The highest BCUT2D eigenvalue weighted by molar-refractivity contribution is 5.91. The molecule has 0 saturated heterocycles. The fourth-order valence-corrected chi connectivity index (χ4v) is 1.70. The third-order valence-electron chi connectivity index (χ3n) is 2.60. The Morgan fingerprint density at radius 2 is 2.16 bits per heavy atom. The van der Waals surface area contributed by atoms with Gasteiger partial charge in [-0.3, -0.25) is 19.9 Å². The van der Waals surface area contributed by atoms with Gasteiger partial charge in [0.25, 0.3) is 0 Å². The third kappa shape index (κ3) is 4.38. The number of carbonyl (C=O) groups excluding carboxylic acids is 2. The number of likely N-dealkylation sites (N-methyl/N-ethyl adjacent to an activating group) is 2. The molecule has 0 aliphatic carbocycles. The third-order valence-corrected chi connectivity index (χ3v) is 2.60. The summed E-state index contributed by atoms with van der Waals surface area (Å²) in [6.45, 7) is 5.05. The lowest BCUT2D eigenvalue weighted by Crippen LogP contribution is -2.34. The minimum Gasteiger partial charge on any atom is -0.456 e. The molecule has 0 aromatic carbocycles. The zero-order chi connectivity index (χ0) is 14.4. The zero-order valence-electron chi connectivity index (χ0n) is 11.4. The van der Waals surface area contributed by atoms with Crippen molar-refractivity contribution in [2.75, 3.05) is 20.1 Å². The summed E-state index contributed by atoms with van der Waals surface area (Å²) in [6, 6.07) is 1.63. The highest BCUT2D eigenvalue weighted by atomic mass is 16.4. The molecular formula is C12H20N4O3. The van der Waals surface area contributed by atoms with Crippen LogP contribution in [-0.2, 0) is 11.3 Å². The van der Waals surface area contributed by atoms with Crippen molar-refractivity contribution in [3.8, 4) is 0 Å². The van der Waals surface area contributed by atoms with Gasteiger partial charge in [0.15, 0.2) is 5.76 Å². The van der Waals surface area contributed by atoms with Gasteiger partial charge in [-0.05, 0) is 27.0 Å². The average Bonchev–Trinajstić information content (AvgIpc) is 2.70. The van der Waals surface area contributed by atoms with Gasteiger partial charge >= 0.3 is 5.91 Å². The van der Waals surface area contributed by atoms with Crippen molar-refractivity contribution in [3.63, 3.8) is 0 Å². The number of aryl methyl sites for hydroxylation is 1. The first-order valence-electron chi connectivity index (χ1n) is 6.03. The summed E-state index contributed by atoms with van der Waals surface area (Å²) < 4.78 is 5.30. The Morgan fingerprint density at radius 3 is 2.74 bits per heavy atom. The molecule has 7 nitrogen and oxygen atoms in total. The molecule has 0 spiro atoms.